The third-order valence-electron chi connectivity index (χ3n) is 3.18. The number of nitrogens with zero attached hydrogens (tertiary/aromatic N) is 1. The van der Waals surface area contributed by atoms with Crippen molar-refractivity contribution in [1.82, 2.24) is 10.3 Å². The van der Waals surface area contributed by atoms with E-state index in [4.69, 9.17) is 0 Å². The molecule has 0 saturated carbocycles. The molecule has 0 amide bonds. The summed E-state index contributed by atoms with van der Waals surface area (Å²) in [6.45, 7) is 4.71. The van der Waals surface area contributed by atoms with Crippen molar-refractivity contribution < 1.29 is 4.39 Å². The zero-order chi connectivity index (χ0) is 14.5. The van der Waals surface area contributed by atoms with Crippen LogP contribution in [0, 0.1) is 12.7 Å². The lowest BCUT2D eigenvalue weighted by Gasteiger charge is -2.19. The summed E-state index contributed by atoms with van der Waals surface area (Å²) in [7, 11) is 0. The zero-order valence-corrected chi connectivity index (χ0v) is 13.2. The van der Waals surface area contributed by atoms with Gasteiger partial charge in [-0.2, -0.15) is 0 Å². The number of likely N-dealkylation sites (N-methyl/N-ethyl adjacent to an activating group) is 1. The van der Waals surface area contributed by atoms with Gasteiger partial charge in [0.15, 0.2) is 0 Å². The predicted octanol–water partition coefficient (Wildman–Crippen LogP) is 4.18. The van der Waals surface area contributed by atoms with E-state index in [1.54, 1.807) is 12.3 Å². The van der Waals surface area contributed by atoms with Gasteiger partial charge in [-0.15, -0.1) is 0 Å². The first-order chi connectivity index (χ1) is 9.60. The molecule has 1 heterocycles. The molecule has 0 saturated heterocycles. The van der Waals surface area contributed by atoms with Crippen LogP contribution in [0.25, 0.3) is 0 Å². The quantitative estimate of drug-likeness (QED) is 0.885. The van der Waals surface area contributed by atoms with E-state index in [0.717, 1.165) is 22.1 Å². The summed E-state index contributed by atoms with van der Waals surface area (Å²) in [6.07, 6.45) is 4.28. The summed E-state index contributed by atoms with van der Waals surface area (Å²) < 4.78 is 15.1. The van der Waals surface area contributed by atoms with E-state index in [2.05, 4.69) is 26.2 Å². The van der Waals surface area contributed by atoms with E-state index in [1.165, 1.54) is 0 Å². The molecule has 1 atom stereocenters. The Hall–Kier alpha value is -1.26. The molecular weight excluding hydrogens is 319 g/mol. The minimum atomic E-state index is -0.154. The van der Waals surface area contributed by atoms with Crippen LogP contribution >= 0.6 is 15.9 Å². The molecule has 2 nitrogen and oxygen atoms in total. The van der Waals surface area contributed by atoms with Crippen molar-refractivity contribution in [2.45, 2.75) is 26.3 Å². The molecule has 1 N–H and O–H groups in total. The van der Waals surface area contributed by atoms with Gasteiger partial charge in [-0.1, -0.05) is 19.1 Å². The average molecular weight is 337 g/mol. The SMILES string of the molecule is CCNC(Cc1cncc(Br)c1)c1ccc(C)cc1F. The number of benzene rings is 1. The monoisotopic (exact) mass is 336 g/mol. The third-order valence-corrected chi connectivity index (χ3v) is 3.62. The van der Waals surface area contributed by atoms with Gasteiger partial charge in [0.25, 0.3) is 0 Å². The maximum Gasteiger partial charge on any atom is 0.128 e. The maximum absolute atomic E-state index is 14.1. The van der Waals surface area contributed by atoms with Crippen LogP contribution in [0.5, 0.6) is 0 Å². The molecule has 2 rings (SSSR count). The van der Waals surface area contributed by atoms with Crippen LogP contribution in [0.2, 0.25) is 0 Å². The van der Waals surface area contributed by atoms with E-state index >= 15 is 0 Å². The summed E-state index contributed by atoms with van der Waals surface area (Å²) in [5.41, 5.74) is 2.72. The van der Waals surface area contributed by atoms with Gasteiger partial charge in [-0.25, -0.2) is 4.39 Å². The Bertz CT molecular complexity index is 586. The molecule has 0 spiro atoms. The first-order valence-corrected chi connectivity index (χ1v) is 7.48. The van der Waals surface area contributed by atoms with Crippen LogP contribution in [0.1, 0.15) is 29.7 Å². The number of hydrogen-bond acceptors (Lipinski definition) is 2. The summed E-state index contributed by atoms with van der Waals surface area (Å²) in [6, 6.07) is 7.37. The minimum Gasteiger partial charge on any atom is -0.310 e. The molecule has 1 aromatic heterocycles. The second-order valence-electron chi connectivity index (χ2n) is 4.85. The maximum atomic E-state index is 14.1. The first-order valence-electron chi connectivity index (χ1n) is 6.69. The van der Waals surface area contributed by atoms with Crippen molar-refractivity contribution in [3.8, 4) is 0 Å². The van der Waals surface area contributed by atoms with Crippen molar-refractivity contribution in [2.75, 3.05) is 6.54 Å². The van der Waals surface area contributed by atoms with Crippen molar-refractivity contribution in [3.63, 3.8) is 0 Å². The normalized spacial score (nSPS) is 12.4. The van der Waals surface area contributed by atoms with Crippen molar-refractivity contribution >= 4 is 15.9 Å². The highest BCUT2D eigenvalue weighted by Crippen LogP contribution is 2.23. The zero-order valence-electron chi connectivity index (χ0n) is 11.7. The van der Waals surface area contributed by atoms with Crippen molar-refractivity contribution in [2.24, 2.45) is 0 Å². The number of aryl methyl sites for hydroxylation is 1. The summed E-state index contributed by atoms with van der Waals surface area (Å²) >= 11 is 3.41. The third kappa shape index (κ3) is 3.87. The summed E-state index contributed by atoms with van der Waals surface area (Å²) in [5, 5.41) is 3.34. The van der Waals surface area contributed by atoms with Crippen LogP contribution in [0.15, 0.2) is 41.1 Å². The Balaban J connectivity index is 2.26. The van der Waals surface area contributed by atoms with Gasteiger partial charge < -0.3 is 5.32 Å². The number of hydrogen-bond donors (Lipinski definition) is 1. The first kappa shape index (κ1) is 15.1. The van der Waals surface area contributed by atoms with Crippen LogP contribution in [-0.4, -0.2) is 11.5 Å². The van der Waals surface area contributed by atoms with E-state index in [9.17, 15) is 4.39 Å². The molecule has 0 fully saturated rings. The van der Waals surface area contributed by atoms with Crippen LogP contribution in [-0.2, 0) is 6.42 Å². The topological polar surface area (TPSA) is 24.9 Å². The second-order valence-corrected chi connectivity index (χ2v) is 5.77. The number of nitrogens with one attached hydrogen (secondary N) is 1. The Morgan fingerprint density at radius 2 is 2.10 bits per heavy atom. The molecule has 0 aliphatic heterocycles. The second kappa shape index (κ2) is 6.95. The molecule has 106 valence electrons. The molecule has 0 bridgehead atoms. The van der Waals surface area contributed by atoms with Gasteiger partial charge in [0, 0.05) is 28.5 Å². The lowest BCUT2D eigenvalue weighted by atomic mass is 9.98. The molecule has 0 radical (unpaired) electrons. The van der Waals surface area contributed by atoms with Gasteiger partial charge >= 0.3 is 0 Å². The smallest absolute Gasteiger partial charge is 0.128 e. The van der Waals surface area contributed by atoms with Gasteiger partial charge in [0.1, 0.15) is 5.82 Å². The number of halogens is 2. The fourth-order valence-electron chi connectivity index (χ4n) is 2.26. The van der Waals surface area contributed by atoms with Gasteiger partial charge in [-0.05, 0) is 59.1 Å². The molecule has 1 aromatic carbocycles. The van der Waals surface area contributed by atoms with Gasteiger partial charge in [0.2, 0.25) is 0 Å². The van der Waals surface area contributed by atoms with E-state index in [0.29, 0.717) is 12.0 Å². The molecule has 0 aliphatic carbocycles. The lowest BCUT2D eigenvalue weighted by molar-refractivity contribution is 0.509. The molecule has 20 heavy (non-hydrogen) atoms. The van der Waals surface area contributed by atoms with Crippen LogP contribution in [0.3, 0.4) is 0 Å². The predicted molar refractivity (Wildman–Crippen MR) is 83.2 cm³/mol. The van der Waals surface area contributed by atoms with Gasteiger partial charge in [0.05, 0.1) is 0 Å². The number of rotatable bonds is 5. The summed E-state index contributed by atoms with van der Waals surface area (Å²) in [4.78, 5) is 4.16. The highest BCUT2D eigenvalue weighted by atomic mass is 79.9. The van der Waals surface area contributed by atoms with E-state index < -0.39 is 0 Å². The molecular formula is C16H18BrFN2. The van der Waals surface area contributed by atoms with Gasteiger partial charge in [-0.3, -0.25) is 4.98 Å². The Labute approximate surface area is 127 Å². The Morgan fingerprint density at radius 1 is 1.30 bits per heavy atom. The van der Waals surface area contributed by atoms with E-state index in [-0.39, 0.29) is 11.9 Å². The Morgan fingerprint density at radius 3 is 2.75 bits per heavy atom. The van der Waals surface area contributed by atoms with Crippen LogP contribution < -0.4 is 5.32 Å². The van der Waals surface area contributed by atoms with Crippen molar-refractivity contribution in [3.05, 3.63) is 63.6 Å². The number of pyridine rings is 1. The van der Waals surface area contributed by atoms with E-state index in [1.807, 2.05) is 38.2 Å². The lowest BCUT2D eigenvalue weighted by Crippen LogP contribution is -2.24. The fourth-order valence-corrected chi connectivity index (χ4v) is 2.67. The van der Waals surface area contributed by atoms with Crippen molar-refractivity contribution in [1.29, 1.82) is 0 Å². The highest BCUT2D eigenvalue weighted by molar-refractivity contribution is 9.10. The highest BCUT2D eigenvalue weighted by Gasteiger charge is 2.15. The minimum absolute atomic E-state index is 0.0447. The molecule has 1 unspecified atom stereocenters. The molecule has 4 heteroatoms. The Kier molecular flexibility index (Phi) is 5.26. The average Bonchev–Trinajstić information content (AvgIpc) is 2.38. The summed E-state index contributed by atoms with van der Waals surface area (Å²) in [5.74, 6) is -0.154. The fraction of sp³-hybridized carbons (Fsp3) is 0.312. The largest absolute Gasteiger partial charge is 0.310 e. The standard InChI is InChI=1S/C16H18BrFN2/c1-3-20-16(8-12-7-13(17)10-19-9-12)14-5-4-11(2)6-15(14)18/h4-7,9-10,16,20H,3,8H2,1-2H3. The van der Waals surface area contributed by atoms with Crippen LogP contribution in [0.4, 0.5) is 4.39 Å². The molecule has 2 aromatic rings. The molecule has 0 aliphatic rings. The number of aromatic nitrogens is 1.